The van der Waals surface area contributed by atoms with Crippen LogP contribution in [0.15, 0.2) is 15.8 Å². The number of H-pyrrole nitrogens is 1. The molecule has 1 N–H and O–H groups in total. The standard InChI is InChI=1S/C10H14BrN3O4/c1-2-3-7(4-11)5-13-6-8(14(17)18)9(15)12-10(13)16/h6-7H,2-5H2,1H3,(H,12,15,16). The molecule has 0 aromatic carbocycles. The summed E-state index contributed by atoms with van der Waals surface area (Å²) in [6.45, 7) is 2.36. The van der Waals surface area contributed by atoms with Gasteiger partial charge in [-0.2, -0.15) is 0 Å². The first kappa shape index (κ1) is 14.6. The summed E-state index contributed by atoms with van der Waals surface area (Å²) < 4.78 is 1.18. The second-order valence-electron chi connectivity index (χ2n) is 3.99. The Morgan fingerprint density at radius 3 is 2.72 bits per heavy atom. The van der Waals surface area contributed by atoms with Crippen LogP contribution in [0, 0.1) is 16.0 Å². The summed E-state index contributed by atoms with van der Waals surface area (Å²) in [4.78, 5) is 34.5. The summed E-state index contributed by atoms with van der Waals surface area (Å²) in [6, 6.07) is 0. The van der Waals surface area contributed by atoms with E-state index in [0.29, 0.717) is 11.9 Å². The quantitative estimate of drug-likeness (QED) is 0.484. The van der Waals surface area contributed by atoms with Gasteiger partial charge in [0.2, 0.25) is 0 Å². The van der Waals surface area contributed by atoms with E-state index in [1.54, 1.807) is 0 Å². The molecule has 0 aliphatic rings. The molecular formula is C10H14BrN3O4. The average Bonchev–Trinajstić information content (AvgIpc) is 2.31. The number of alkyl halides is 1. The van der Waals surface area contributed by atoms with Gasteiger partial charge in [0.05, 0.1) is 11.1 Å². The van der Waals surface area contributed by atoms with Crippen LogP contribution in [0.1, 0.15) is 19.8 Å². The van der Waals surface area contributed by atoms with Gasteiger partial charge in [-0.3, -0.25) is 24.5 Å². The van der Waals surface area contributed by atoms with Crippen molar-refractivity contribution in [3.63, 3.8) is 0 Å². The van der Waals surface area contributed by atoms with Gasteiger partial charge in [-0.25, -0.2) is 4.79 Å². The first-order valence-electron chi connectivity index (χ1n) is 5.53. The Morgan fingerprint density at radius 1 is 1.56 bits per heavy atom. The maximum atomic E-state index is 11.5. The highest BCUT2D eigenvalue weighted by atomic mass is 79.9. The number of hydrogen-bond acceptors (Lipinski definition) is 4. The monoisotopic (exact) mass is 319 g/mol. The summed E-state index contributed by atoms with van der Waals surface area (Å²) in [7, 11) is 0. The van der Waals surface area contributed by atoms with Crippen molar-refractivity contribution in [2.75, 3.05) is 5.33 Å². The van der Waals surface area contributed by atoms with E-state index in [4.69, 9.17) is 0 Å². The number of aromatic amines is 1. The SMILES string of the molecule is CCCC(CBr)Cn1cc([N+](=O)[O-])c(=O)[nH]c1=O. The highest BCUT2D eigenvalue weighted by Gasteiger charge is 2.16. The molecule has 0 bridgehead atoms. The molecule has 0 saturated heterocycles. The van der Waals surface area contributed by atoms with E-state index in [0.717, 1.165) is 19.0 Å². The van der Waals surface area contributed by atoms with Crippen LogP contribution in [0.25, 0.3) is 0 Å². The Labute approximate surface area is 111 Å². The van der Waals surface area contributed by atoms with Crippen LogP contribution in [0.4, 0.5) is 5.69 Å². The zero-order chi connectivity index (χ0) is 13.7. The van der Waals surface area contributed by atoms with Gasteiger partial charge in [0.15, 0.2) is 0 Å². The molecule has 1 atom stereocenters. The summed E-state index contributed by atoms with van der Waals surface area (Å²) in [5.74, 6) is 0.193. The lowest BCUT2D eigenvalue weighted by molar-refractivity contribution is -0.386. The van der Waals surface area contributed by atoms with E-state index >= 15 is 0 Å². The van der Waals surface area contributed by atoms with Crippen LogP contribution in [-0.2, 0) is 6.54 Å². The lowest BCUT2D eigenvalue weighted by Crippen LogP contribution is -2.32. The number of nitro groups is 1. The van der Waals surface area contributed by atoms with Gasteiger partial charge in [0, 0.05) is 11.9 Å². The molecule has 8 heteroatoms. The van der Waals surface area contributed by atoms with Crippen molar-refractivity contribution in [1.82, 2.24) is 9.55 Å². The highest BCUT2D eigenvalue weighted by molar-refractivity contribution is 9.09. The molecule has 1 aromatic heterocycles. The van der Waals surface area contributed by atoms with E-state index in [1.807, 2.05) is 11.9 Å². The van der Waals surface area contributed by atoms with Crippen molar-refractivity contribution in [1.29, 1.82) is 0 Å². The summed E-state index contributed by atoms with van der Waals surface area (Å²) >= 11 is 3.34. The van der Waals surface area contributed by atoms with Crippen molar-refractivity contribution in [2.24, 2.45) is 5.92 Å². The Balaban J connectivity index is 3.09. The fourth-order valence-corrected chi connectivity index (χ4v) is 2.20. The minimum absolute atomic E-state index is 0.193. The Morgan fingerprint density at radius 2 is 2.22 bits per heavy atom. The largest absolute Gasteiger partial charge is 0.350 e. The molecule has 0 spiro atoms. The van der Waals surface area contributed by atoms with Gasteiger partial charge in [-0.1, -0.05) is 29.3 Å². The van der Waals surface area contributed by atoms with Gasteiger partial charge in [0.1, 0.15) is 0 Å². The molecule has 18 heavy (non-hydrogen) atoms. The van der Waals surface area contributed by atoms with Crippen molar-refractivity contribution in [3.05, 3.63) is 37.1 Å². The topological polar surface area (TPSA) is 98.0 Å². The van der Waals surface area contributed by atoms with Crippen LogP contribution in [-0.4, -0.2) is 19.8 Å². The van der Waals surface area contributed by atoms with Gasteiger partial charge >= 0.3 is 16.9 Å². The molecule has 1 rings (SSSR count). The number of rotatable bonds is 6. The lowest BCUT2D eigenvalue weighted by atomic mass is 10.1. The summed E-state index contributed by atoms with van der Waals surface area (Å²) in [5, 5.41) is 11.3. The number of nitrogens with one attached hydrogen (secondary N) is 1. The molecule has 1 heterocycles. The lowest BCUT2D eigenvalue weighted by Gasteiger charge is -2.13. The fraction of sp³-hybridized carbons (Fsp3) is 0.600. The maximum absolute atomic E-state index is 11.5. The molecular weight excluding hydrogens is 306 g/mol. The molecule has 0 saturated carbocycles. The third kappa shape index (κ3) is 3.52. The molecule has 0 radical (unpaired) electrons. The highest BCUT2D eigenvalue weighted by Crippen LogP contribution is 2.12. The molecule has 1 aromatic rings. The van der Waals surface area contributed by atoms with E-state index in [9.17, 15) is 19.7 Å². The van der Waals surface area contributed by atoms with Crippen molar-refractivity contribution >= 4 is 21.6 Å². The smallest absolute Gasteiger partial charge is 0.293 e. The third-order valence-corrected chi connectivity index (χ3v) is 3.47. The molecule has 0 fully saturated rings. The van der Waals surface area contributed by atoms with Crippen LogP contribution >= 0.6 is 15.9 Å². The normalized spacial score (nSPS) is 12.3. The van der Waals surface area contributed by atoms with E-state index in [1.165, 1.54) is 4.57 Å². The maximum Gasteiger partial charge on any atom is 0.350 e. The second-order valence-corrected chi connectivity index (χ2v) is 4.64. The van der Waals surface area contributed by atoms with E-state index in [2.05, 4.69) is 15.9 Å². The van der Waals surface area contributed by atoms with Gasteiger partial charge < -0.3 is 0 Å². The molecule has 1 unspecified atom stereocenters. The minimum Gasteiger partial charge on any atom is -0.293 e. The third-order valence-electron chi connectivity index (χ3n) is 2.56. The van der Waals surface area contributed by atoms with Crippen molar-refractivity contribution in [2.45, 2.75) is 26.3 Å². The average molecular weight is 320 g/mol. The van der Waals surface area contributed by atoms with Gasteiger partial charge in [0.25, 0.3) is 0 Å². The Kier molecular flexibility index (Phi) is 5.26. The predicted molar refractivity (Wildman–Crippen MR) is 70.2 cm³/mol. The summed E-state index contributed by atoms with van der Waals surface area (Å²) in [5.41, 5.74) is -2.20. The minimum atomic E-state index is -0.966. The number of aromatic nitrogens is 2. The molecule has 100 valence electrons. The van der Waals surface area contributed by atoms with Gasteiger partial charge in [-0.15, -0.1) is 0 Å². The van der Waals surface area contributed by atoms with E-state index in [-0.39, 0.29) is 5.92 Å². The fourth-order valence-electron chi connectivity index (χ4n) is 1.67. The zero-order valence-corrected chi connectivity index (χ0v) is 11.5. The molecule has 0 aliphatic heterocycles. The zero-order valence-electron chi connectivity index (χ0n) is 9.89. The Bertz CT molecular complexity index is 537. The first-order chi connectivity index (χ1) is 8.49. The van der Waals surface area contributed by atoms with Crippen molar-refractivity contribution < 1.29 is 4.92 Å². The number of hydrogen-bond donors (Lipinski definition) is 1. The Hall–Kier alpha value is -1.44. The second kappa shape index (κ2) is 6.48. The van der Waals surface area contributed by atoms with Gasteiger partial charge in [-0.05, 0) is 12.3 Å². The van der Waals surface area contributed by atoms with Crippen LogP contribution in [0.5, 0.6) is 0 Å². The molecule has 0 amide bonds. The summed E-state index contributed by atoms with van der Waals surface area (Å²) in [6.07, 6.45) is 2.85. The first-order valence-corrected chi connectivity index (χ1v) is 6.65. The van der Waals surface area contributed by atoms with Crippen LogP contribution < -0.4 is 11.2 Å². The van der Waals surface area contributed by atoms with E-state index < -0.39 is 21.9 Å². The predicted octanol–water partition coefficient (Wildman–Crippen LogP) is 1.26. The van der Waals surface area contributed by atoms with Crippen LogP contribution in [0.2, 0.25) is 0 Å². The molecule has 7 nitrogen and oxygen atoms in total. The number of halogens is 1. The van der Waals surface area contributed by atoms with Crippen molar-refractivity contribution in [3.8, 4) is 0 Å². The molecule has 0 aliphatic carbocycles. The number of nitrogens with zero attached hydrogens (tertiary/aromatic N) is 2. The van der Waals surface area contributed by atoms with Crippen LogP contribution in [0.3, 0.4) is 0 Å².